The molecule has 7 nitrogen and oxygen atoms in total. The van der Waals surface area contributed by atoms with Crippen molar-refractivity contribution in [1.29, 1.82) is 5.26 Å². The molecule has 5 heterocycles. The number of pyridine rings is 2. The first-order valence-corrected chi connectivity index (χ1v) is 11.0. The first-order chi connectivity index (χ1) is 15.6. The van der Waals surface area contributed by atoms with Gasteiger partial charge in [0.05, 0.1) is 29.2 Å². The van der Waals surface area contributed by atoms with Gasteiger partial charge in [-0.15, -0.1) is 0 Å². The van der Waals surface area contributed by atoms with Crippen LogP contribution in [0, 0.1) is 29.9 Å². The third kappa shape index (κ3) is 4.79. The van der Waals surface area contributed by atoms with Gasteiger partial charge < -0.3 is 5.32 Å². The third-order valence-corrected chi connectivity index (χ3v) is 6.03. The van der Waals surface area contributed by atoms with E-state index in [1.165, 1.54) is 45.5 Å². The number of aryl methyl sites for hydroxylation is 1. The fourth-order valence-corrected chi connectivity index (χ4v) is 4.36. The minimum absolute atomic E-state index is 0.0280. The fraction of sp³-hybridized carbons (Fsp3) is 0.273. The van der Waals surface area contributed by atoms with Crippen LogP contribution in [0.5, 0.6) is 0 Å². The van der Waals surface area contributed by atoms with Gasteiger partial charge in [0.25, 0.3) is 0 Å². The van der Waals surface area contributed by atoms with Crippen LogP contribution in [0.25, 0.3) is 16.6 Å². The zero-order valence-electron chi connectivity index (χ0n) is 17.4. The van der Waals surface area contributed by atoms with E-state index in [0.717, 1.165) is 29.0 Å². The molecule has 0 aromatic carbocycles. The standard InChI is InChI=1S/C17H10F2N6S.C5H11N/c1-9-13(18)3-14(19)17(24-9)26-15-2-10(12-5-21-22-6-12)8-25-16(15)11(4-20)7-23-25;1-2-4-6-5-3-1/h2-3,5-8H,1H3,(H,21,22);6H,1-5H2. The van der Waals surface area contributed by atoms with E-state index < -0.39 is 11.6 Å². The Labute approximate surface area is 187 Å². The Morgan fingerprint density at radius 2 is 1.91 bits per heavy atom. The van der Waals surface area contributed by atoms with E-state index in [-0.39, 0.29) is 10.7 Å². The summed E-state index contributed by atoms with van der Waals surface area (Å²) < 4.78 is 29.2. The monoisotopic (exact) mass is 453 g/mol. The molecule has 1 aliphatic rings. The average Bonchev–Trinajstić information content (AvgIpc) is 3.49. The average molecular weight is 454 g/mol. The number of H-pyrrole nitrogens is 1. The summed E-state index contributed by atoms with van der Waals surface area (Å²) in [6.07, 6.45) is 10.8. The van der Waals surface area contributed by atoms with E-state index in [4.69, 9.17) is 0 Å². The Morgan fingerprint density at radius 3 is 2.53 bits per heavy atom. The molecular weight excluding hydrogens is 432 g/mol. The van der Waals surface area contributed by atoms with Gasteiger partial charge in [0.1, 0.15) is 16.9 Å². The zero-order valence-corrected chi connectivity index (χ0v) is 18.2. The molecular formula is C22H21F2N7S. The van der Waals surface area contributed by atoms with Crippen LogP contribution in [0.15, 0.2) is 46.8 Å². The van der Waals surface area contributed by atoms with Crippen LogP contribution in [0.1, 0.15) is 30.5 Å². The fourth-order valence-electron chi connectivity index (χ4n) is 3.32. The quantitative estimate of drug-likeness (QED) is 0.475. The molecule has 0 spiro atoms. The number of rotatable bonds is 3. The van der Waals surface area contributed by atoms with E-state index in [1.807, 2.05) is 0 Å². The number of nitrogens with one attached hydrogen (secondary N) is 2. The van der Waals surface area contributed by atoms with Crippen LogP contribution in [-0.4, -0.2) is 37.9 Å². The topological polar surface area (TPSA) is 94.7 Å². The highest BCUT2D eigenvalue weighted by Crippen LogP contribution is 2.36. The van der Waals surface area contributed by atoms with Crippen molar-refractivity contribution < 1.29 is 8.78 Å². The SMILES string of the molecule is C1CCNCC1.Cc1nc(Sc2cc(-c3cn[nH]c3)cn3ncc(C#N)c23)c(F)cc1F. The van der Waals surface area contributed by atoms with Crippen molar-refractivity contribution in [2.24, 2.45) is 0 Å². The molecule has 0 saturated carbocycles. The number of halogens is 2. The van der Waals surface area contributed by atoms with Gasteiger partial charge in [0, 0.05) is 34.5 Å². The number of nitriles is 1. The Bertz CT molecular complexity index is 1250. The predicted octanol–water partition coefficient (Wildman–Crippen LogP) is 4.49. The van der Waals surface area contributed by atoms with Gasteiger partial charge in [-0.2, -0.15) is 15.5 Å². The van der Waals surface area contributed by atoms with E-state index in [0.29, 0.717) is 16.0 Å². The van der Waals surface area contributed by atoms with Crippen molar-refractivity contribution in [3.05, 3.63) is 59.8 Å². The van der Waals surface area contributed by atoms with Crippen molar-refractivity contribution in [3.8, 4) is 17.2 Å². The van der Waals surface area contributed by atoms with Crippen LogP contribution in [0.2, 0.25) is 0 Å². The molecule has 32 heavy (non-hydrogen) atoms. The largest absolute Gasteiger partial charge is 0.317 e. The minimum atomic E-state index is -0.761. The van der Waals surface area contributed by atoms with Crippen LogP contribution in [-0.2, 0) is 0 Å². The molecule has 5 rings (SSSR count). The number of aromatic nitrogens is 5. The lowest BCUT2D eigenvalue weighted by Crippen LogP contribution is -2.21. The molecule has 164 valence electrons. The summed E-state index contributed by atoms with van der Waals surface area (Å²) in [6, 6.07) is 4.68. The van der Waals surface area contributed by atoms with Gasteiger partial charge in [0.2, 0.25) is 0 Å². The zero-order chi connectivity index (χ0) is 22.5. The number of fused-ring (bicyclic) bond motifs is 1. The second kappa shape index (κ2) is 9.89. The van der Waals surface area contributed by atoms with Crippen molar-refractivity contribution in [2.45, 2.75) is 36.1 Å². The van der Waals surface area contributed by atoms with E-state index in [2.05, 4.69) is 31.7 Å². The maximum atomic E-state index is 14.2. The van der Waals surface area contributed by atoms with Crippen LogP contribution >= 0.6 is 11.8 Å². The smallest absolute Gasteiger partial charge is 0.158 e. The highest BCUT2D eigenvalue weighted by atomic mass is 32.2. The van der Waals surface area contributed by atoms with Crippen LogP contribution in [0.3, 0.4) is 0 Å². The lowest BCUT2D eigenvalue weighted by Gasteiger charge is -2.09. The molecule has 0 atom stereocenters. The second-order valence-electron chi connectivity index (χ2n) is 7.30. The summed E-state index contributed by atoms with van der Waals surface area (Å²) in [4.78, 5) is 4.57. The number of hydrogen-bond donors (Lipinski definition) is 2. The van der Waals surface area contributed by atoms with Crippen molar-refractivity contribution >= 4 is 17.3 Å². The Hall–Kier alpha value is -3.29. The molecule has 1 aliphatic heterocycles. The summed E-state index contributed by atoms with van der Waals surface area (Å²) in [7, 11) is 0. The Kier molecular flexibility index (Phi) is 6.78. The molecule has 2 N–H and O–H groups in total. The summed E-state index contributed by atoms with van der Waals surface area (Å²) in [5.74, 6) is -1.46. The maximum Gasteiger partial charge on any atom is 0.158 e. The highest BCUT2D eigenvalue weighted by molar-refractivity contribution is 7.99. The first kappa shape index (κ1) is 21.9. The van der Waals surface area contributed by atoms with Crippen molar-refractivity contribution in [3.63, 3.8) is 0 Å². The number of nitrogens with zero attached hydrogens (tertiary/aromatic N) is 5. The first-order valence-electron chi connectivity index (χ1n) is 10.2. The summed E-state index contributed by atoms with van der Waals surface area (Å²) in [5, 5.41) is 23.5. The van der Waals surface area contributed by atoms with Gasteiger partial charge in [-0.05, 0) is 38.9 Å². The normalized spacial score (nSPS) is 13.4. The van der Waals surface area contributed by atoms with E-state index in [1.54, 1.807) is 29.2 Å². The van der Waals surface area contributed by atoms with E-state index in [9.17, 15) is 14.0 Å². The maximum absolute atomic E-state index is 14.2. The molecule has 0 radical (unpaired) electrons. The molecule has 1 fully saturated rings. The van der Waals surface area contributed by atoms with E-state index >= 15 is 0 Å². The lowest BCUT2D eigenvalue weighted by molar-refractivity contribution is 0.520. The molecule has 0 amide bonds. The lowest BCUT2D eigenvalue weighted by atomic mass is 10.1. The molecule has 4 aromatic rings. The number of piperidine rings is 1. The Balaban J connectivity index is 0.000000354. The third-order valence-electron chi connectivity index (χ3n) is 5.02. The van der Waals surface area contributed by atoms with Gasteiger partial charge in [-0.3, -0.25) is 5.10 Å². The van der Waals surface area contributed by atoms with Gasteiger partial charge in [-0.25, -0.2) is 18.3 Å². The molecule has 1 saturated heterocycles. The summed E-state index contributed by atoms with van der Waals surface area (Å²) >= 11 is 1.02. The van der Waals surface area contributed by atoms with Gasteiger partial charge >= 0.3 is 0 Å². The highest BCUT2D eigenvalue weighted by Gasteiger charge is 2.17. The second-order valence-corrected chi connectivity index (χ2v) is 8.33. The minimum Gasteiger partial charge on any atom is -0.317 e. The summed E-state index contributed by atoms with van der Waals surface area (Å²) in [5.41, 5.74) is 2.58. The number of hydrogen-bond acceptors (Lipinski definition) is 6. The molecule has 0 aliphatic carbocycles. The van der Waals surface area contributed by atoms with Crippen LogP contribution in [0.4, 0.5) is 8.78 Å². The number of aromatic amines is 1. The molecule has 0 bridgehead atoms. The van der Waals surface area contributed by atoms with Crippen molar-refractivity contribution in [1.82, 2.24) is 30.1 Å². The van der Waals surface area contributed by atoms with Crippen LogP contribution < -0.4 is 5.32 Å². The molecule has 10 heteroatoms. The van der Waals surface area contributed by atoms with Crippen molar-refractivity contribution in [2.75, 3.05) is 13.1 Å². The van der Waals surface area contributed by atoms with Gasteiger partial charge in [0.15, 0.2) is 5.82 Å². The predicted molar refractivity (Wildman–Crippen MR) is 117 cm³/mol. The molecule has 0 unspecified atom stereocenters. The molecule has 4 aromatic heterocycles. The Morgan fingerprint density at radius 1 is 1.09 bits per heavy atom. The summed E-state index contributed by atoms with van der Waals surface area (Å²) in [6.45, 7) is 3.97. The van der Waals surface area contributed by atoms with Gasteiger partial charge in [-0.1, -0.05) is 18.2 Å².